The van der Waals surface area contributed by atoms with Crippen molar-refractivity contribution in [2.45, 2.75) is 39.7 Å². The zero-order valence-electron chi connectivity index (χ0n) is 12.4. The number of nitrogens with zero attached hydrogens (tertiary/aromatic N) is 3. The van der Waals surface area contributed by atoms with E-state index in [-0.39, 0.29) is 11.5 Å². The average molecular weight is 305 g/mol. The van der Waals surface area contributed by atoms with Gasteiger partial charge >= 0.3 is 0 Å². The fourth-order valence-electron chi connectivity index (χ4n) is 2.77. The van der Waals surface area contributed by atoms with Crippen LogP contribution < -0.4 is 5.56 Å². The fraction of sp³-hybridized carbons (Fsp3) is 0.533. The summed E-state index contributed by atoms with van der Waals surface area (Å²) < 4.78 is 1.56. The molecule has 0 radical (unpaired) electrons. The van der Waals surface area contributed by atoms with Gasteiger partial charge in [-0.3, -0.25) is 14.2 Å². The van der Waals surface area contributed by atoms with Gasteiger partial charge in [-0.05, 0) is 32.3 Å². The third-order valence-electron chi connectivity index (χ3n) is 4.18. The Morgan fingerprint density at radius 1 is 1.33 bits per heavy atom. The Morgan fingerprint density at radius 2 is 2.05 bits per heavy atom. The highest BCUT2D eigenvalue weighted by atomic mass is 32.1. The SMILES string of the molecule is Cc1sc2ncn(CCC(=O)N3CCCC3)c(=O)c2c1C. The highest BCUT2D eigenvalue weighted by molar-refractivity contribution is 7.18. The number of thiophene rings is 1. The maximum absolute atomic E-state index is 12.5. The predicted molar refractivity (Wildman–Crippen MR) is 83.8 cm³/mol. The van der Waals surface area contributed by atoms with E-state index < -0.39 is 0 Å². The zero-order valence-corrected chi connectivity index (χ0v) is 13.2. The molecule has 1 aliphatic rings. The summed E-state index contributed by atoms with van der Waals surface area (Å²) in [6.45, 7) is 6.08. The minimum Gasteiger partial charge on any atom is -0.343 e. The summed E-state index contributed by atoms with van der Waals surface area (Å²) in [5, 5.41) is 0.702. The first kappa shape index (κ1) is 14.3. The predicted octanol–water partition coefficient (Wildman–Crippen LogP) is 2.09. The van der Waals surface area contributed by atoms with Gasteiger partial charge in [-0.25, -0.2) is 4.98 Å². The van der Waals surface area contributed by atoms with Crippen molar-refractivity contribution >= 4 is 27.5 Å². The molecule has 1 fully saturated rings. The second-order valence-electron chi connectivity index (χ2n) is 5.54. The molecule has 1 aliphatic heterocycles. The van der Waals surface area contributed by atoms with Crippen LogP contribution in [0.5, 0.6) is 0 Å². The van der Waals surface area contributed by atoms with Gasteiger partial charge in [0.15, 0.2) is 0 Å². The summed E-state index contributed by atoms with van der Waals surface area (Å²) in [7, 11) is 0. The molecule has 0 aromatic carbocycles. The van der Waals surface area contributed by atoms with Crippen LogP contribution >= 0.6 is 11.3 Å². The van der Waals surface area contributed by atoms with Crippen LogP contribution in [0.2, 0.25) is 0 Å². The summed E-state index contributed by atoms with van der Waals surface area (Å²) >= 11 is 1.55. The van der Waals surface area contributed by atoms with Crippen molar-refractivity contribution in [3.63, 3.8) is 0 Å². The van der Waals surface area contributed by atoms with Gasteiger partial charge in [-0.1, -0.05) is 0 Å². The third kappa shape index (κ3) is 2.60. The van der Waals surface area contributed by atoms with E-state index in [1.807, 2.05) is 18.7 Å². The monoisotopic (exact) mass is 305 g/mol. The Hall–Kier alpha value is -1.69. The van der Waals surface area contributed by atoms with E-state index in [1.165, 1.54) is 0 Å². The molecule has 0 N–H and O–H groups in total. The van der Waals surface area contributed by atoms with E-state index >= 15 is 0 Å². The largest absolute Gasteiger partial charge is 0.343 e. The summed E-state index contributed by atoms with van der Waals surface area (Å²) in [6, 6.07) is 0. The molecular formula is C15H19N3O2S. The molecule has 3 heterocycles. The van der Waals surface area contributed by atoms with E-state index in [9.17, 15) is 9.59 Å². The van der Waals surface area contributed by atoms with Gasteiger partial charge in [0, 0.05) is 30.9 Å². The third-order valence-corrected chi connectivity index (χ3v) is 5.30. The smallest absolute Gasteiger partial charge is 0.262 e. The number of carbonyl (C=O) groups is 1. The Morgan fingerprint density at radius 3 is 2.76 bits per heavy atom. The molecule has 0 saturated carbocycles. The van der Waals surface area contributed by atoms with Crippen LogP contribution in [0.1, 0.15) is 29.7 Å². The highest BCUT2D eigenvalue weighted by Crippen LogP contribution is 2.25. The first-order valence-electron chi connectivity index (χ1n) is 7.31. The molecule has 2 aromatic heterocycles. The molecular weight excluding hydrogens is 286 g/mol. The van der Waals surface area contributed by atoms with Crippen LogP contribution in [0.15, 0.2) is 11.1 Å². The van der Waals surface area contributed by atoms with Crippen LogP contribution in [0.3, 0.4) is 0 Å². The lowest BCUT2D eigenvalue weighted by Gasteiger charge is -2.15. The molecule has 6 heteroatoms. The van der Waals surface area contributed by atoms with Crippen LogP contribution in [0.25, 0.3) is 10.2 Å². The molecule has 0 spiro atoms. The van der Waals surface area contributed by atoms with Crippen molar-refractivity contribution < 1.29 is 4.79 Å². The van der Waals surface area contributed by atoms with Gasteiger partial charge in [0.25, 0.3) is 5.56 Å². The number of fused-ring (bicyclic) bond motifs is 1. The number of carbonyl (C=O) groups excluding carboxylic acids is 1. The Balaban J connectivity index is 1.81. The molecule has 0 atom stereocenters. The lowest BCUT2D eigenvalue weighted by Crippen LogP contribution is -2.30. The Bertz CT molecular complexity index is 741. The van der Waals surface area contributed by atoms with E-state index in [0.29, 0.717) is 18.4 Å². The van der Waals surface area contributed by atoms with Gasteiger partial charge in [-0.15, -0.1) is 11.3 Å². The molecule has 3 rings (SSSR count). The van der Waals surface area contributed by atoms with Gasteiger partial charge in [0.2, 0.25) is 5.91 Å². The number of hydrogen-bond acceptors (Lipinski definition) is 4. The van der Waals surface area contributed by atoms with Gasteiger partial charge in [0.1, 0.15) is 4.83 Å². The summed E-state index contributed by atoms with van der Waals surface area (Å²) in [4.78, 5) is 32.7. The number of likely N-dealkylation sites (tertiary alicyclic amines) is 1. The van der Waals surface area contributed by atoms with Crippen LogP contribution in [0, 0.1) is 13.8 Å². The van der Waals surface area contributed by atoms with Crippen molar-refractivity contribution in [3.05, 3.63) is 27.1 Å². The number of aryl methyl sites for hydroxylation is 3. The number of amides is 1. The highest BCUT2D eigenvalue weighted by Gasteiger charge is 2.18. The quantitative estimate of drug-likeness (QED) is 0.872. The van der Waals surface area contributed by atoms with Crippen molar-refractivity contribution in [3.8, 4) is 0 Å². The Labute approximate surface area is 127 Å². The van der Waals surface area contributed by atoms with E-state index in [2.05, 4.69) is 4.98 Å². The molecule has 112 valence electrons. The van der Waals surface area contributed by atoms with E-state index in [1.54, 1.807) is 22.2 Å². The van der Waals surface area contributed by atoms with Crippen molar-refractivity contribution in [2.24, 2.45) is 0 Å². The van der Waals surface area contributed by atoms with Gasteiger partial charge in [-0.2, -0.15) is 0 Å². The lowest BCUT2D eigenvalue weighted by molar-refractivity contribution is -0.130. The number of rotatable bonds is 3. The van der Waals surface area contributed by atoms with Crippen LogP contribution in [-0.4, -0.2) is 33.4 Å². The molecule has 21 heavy (non-hydrogen) atoms. The molecule has 1 amide bonds. The molecule has 2 aromatic rings. The number of hydrogen-bond donors (Lipinski definition) is 0. The number of aromatic nitrogens is 2. The summed E-state index contributed by atoms with van der Waals surface area (Å²) in [6.07, 6.45) is 4.12. The maximum Gasteiger partial charge on any atom is 0.262 e. The normalized spacial score (nSPS) is 15.0. The molecule has 5 nitrogen and oxygen atoms in total. The summed E-state index contributed by atoms with van der Waals surface area (Å²) in [5.41, 5.74) is 0.976. The molecule has 1 saturated heterocycles. The first-order chi connectivity index (χ1) is 10.1. The van der Waals surface area contributed by atoms with Crippen LogP contribution in [0.4, 0.5) is 0 Å². The van der Waals surface area contributed by atoms with E-state index in [0.717, 1.165) is 41.2 Å². The second kappa shape index (κ2) is 5.60. The topological polar surface area (TPSA) is 55.2 Å². The minimum atomic E-state index is -0.0314. The van der Waals surface area contributed by atoms with Gasteiger partial charge < -0.3 is 4.90 Å². The van der Waals surface area contributed by atoms with E-state index in [4.69, 9.17) is 0 Å². The van der Waals surface area contributed by atoms with Crippen molar-refractivity contribution in [2.75, 3.05) is 13.1 Å². The van der Waals surface area contributed by atoms with Crippen molar-refractivity contribution in [1.29, 1.82) is 0 Å². The fourth-order valence-corrected chi connectivity index (χ4v) is 3.76. The lowest BCUT2D eigenvalue weighted by atomic mass is 10.2. The average Bonchev–Trinajstić information content (AvgIpc) is 3.08. The zero-order chi connectivity index (χ0) is 15.0. The standard InChI is InChI=1S/C15H19N3O2S/c1-10-11(2)21-14-13(10)15(20)18(9-16-14)8-5-12(19)17-6-3-4-7-17/h9H,3-8H2,1-2H3. The van der Waals surface area contributed by atoms with Crippen LogP contribution in [-0.2, 0) is 11.3 Å². The second-order valence-corrected chi connectivity index (χ2v) is 6.75. The first-order valence-corrected chi connectivity index (χ1v) is 8.12. The molecule has 0 aliphatic carbocycles. The maximum atomic E-state index is 12.5. The minimum absolute atomic E-state index is 0.0314. The Kier molecular flexibility index (Phi) is 3.80. The van der Waals surface area contributed by atoms with Gasteiger partial charge in [0.05, 0.1) is 11.7 Å². The van der Waals surface area contributed by atoms with Crippen molar-refractivity contribution in [1.82, 2.24) is 14.5 Å². The molecule has 0 unspecified atom stereocenters. The molecule has 0 bridgehead atoms. The summed E-state index contributed by atoms with van der Waals surface area (Å²) in [5.74, 6) is 0.137.